The average molecular weight is 1120 g/mol. The molecule has 3 N–H and O–H groups in total. The van der Waals surface area contributed by atoms with Gasteiger partial charge in [-0.05, 0) is 130 Å². The molecular weight excluding hydrogens is 1060 g/mol. The van der Waals surface area contributed by atoms with Crippen LogP contribution in [0.25, 0.3) is 21.8 Å². The molecule has 0 spiro atoms. The van der Waals surface area contributed by atoms with Crippen LogP contribution in [0.3, 0.4) is 0 Å². The van der Waals surface area contributed by atoms with Crippen molar-refractivity contribution in [1.82, 2.24) is 9.97 Å². The normalized spacial score (nSPS) is 18.6. The molecule has 6 aromatic carbocycles. The van der Waals surface area contributed by atoms with E-state index >= 15 is 0 Å². The van der Waals surface area contributed by atoms with Crippen LogP contribution in [0, 0.1) is 6.92 Å². The molecule has 8 aromatic rings. The minimum atomic E-state index is -0.393. The fourth-order valence-corrected chi connectivity index (χ4v) is 10.9. The Bertz CT molecular complexity index is 3260. The van der Waals surface area contributed by atoms with Crippen LogP contribution in [0.2, 0.25) is 15.1 Å². The number of rotatable bonds is 6. The van der Waals surface area contributed by atoms with Gasteiger partial charge in [0.1, 0.15) is 42.1 Å². The fraction of sp³-hybridized carbons (Fsp3) is 0.228. The summed E-state index contributed by atoms with van der Waals surface area (Å²) >= 11 is 24.0. The number of aryl methyl sites for hydroxylation is 1. The standard InChI is InChI=1S/C23H18ClN3OS.C20H23BClNO3.C14H11BrClNO/c1-14-22(27-23(29-14)16-5-4-10-25-12-16)15-8-9-19-21(11-15)28-13-20(26-19)17-6-2-3-7-18(17)24;1-19(2)20(3,4)26-21(25-19)13-9-10-16-18(11-13)24-12-17(23-16)14-7-5-6-8-15(14)22;15-9-5-6-12-14(7-9)18-8-13(17-12)10-3-1-2-4-11(10)16/h2-12,20,26H,13H2,1H3;5-11,17,23H,12H2,1-4H3;1-7,13,17H,8H2. The maximum Gasteiger partial charge on any atom is 0.494 e. The molecular formula is C57H52BBrCl3N5O5S. The van der Waals surface area contributed by atoms with Gasteiger partial charge in [0, 0.05) is 47.9 Å². The van der Waals surface area contributed by atoms with Crippen LogP contribution in [0.5, 0.6) is 17.2 Å². The quantitative estimate of drug-likeness (QED) is 0.139. The van der Waals surface area contributed by atoms with Gasteiger partial charge in [0.15, 0.2) is 0 Å². The van der Waals surface area contributed by atoms with E-state index in [0.29, 0.717) is 19.8 Å². The summed E-state index contributed by atoms with van der Waals surface area (Å²) in [7, 11) is -0.393. The first-order valence-electron chi connectivity index (χ1n) is 23.9. The predicted octanol–water partition coefficient (Wildman–Crippen LogP) is 15.2. The van der Waals surface area contributed by atoms with Crippen molar-refractivity contribution in [3.05, 3.63) is 193 Å². The Labute approximate surface area is 454 Å². The molecule has 0 amide bonds. The number of hydrogen-bond acceptors (Lipinski definition) is 11. The molecule has 16 heteroatoms. The first-order valence-corrected chi connectivity index (χ1v) is 26.7. The molecule has 12 rings (SSSR count). The highest BCUT2D eigenvalue weighted by atomic mass is 79.9. The van der Waals surface area contributed by atoms with Crippen molar-refractivity contribution in [3.8, 4) is 39.1 Å². The van der Waals surface area contributed by atoms with Crippen molar-refractivity contribution < 1.29 is 23.5 Å². The molecule has 1 fully saturated rings. The summed E-state index contributed by atoms with van der Waals surface area (Å²) < 4.78 is 31.2. The molecule has 4 aliphatic rings. The number of halogens is 4. The Kier molecular flexibility index (Phi) is 15.0. The van der Waals surface area contributed by atoms with Crippen LogP contribution in [0.15, 0.2) is 156 Å². The third kappa shape index (κ3) is 11.2. The van der Waals surface area contributed by atoms with E-state index in [1.807, 2.05) is 128 Å². The van der Waals surface area contributed by atoms with Crippen LogP contribution >= 0.6 is 62.1 Å². The van der Waals surface area contributed by atoms with Gasteiger partial charge in [0.25, 0.3) is 0 Å². The Balaban J connectivity index is 0.000000129. The lowest BCUT2D eigenvalue weighted by molar-refractivity contribution is 0.00578. The highest BCUT2D eigenvalue weighted by Crippen LogP contribution is 2.43. The maximum absolute atomic E-state index is 6.35. The van der Waals surface area contributed by atoms with Gasteiger partial charge < -0.3 is 39.5 Å². The first kappa shape index (κ1) is 50.8. The Morgan fingerprint density at radius 3 is 1.56 bits per heavy atom. The number of aromatic nitrogens is 2. The van der Waals surface area contributed by atoms with Crippen LogP contribution in [0.1, 0.15) is 67.4 Å². The SMILES string of the molecule is CC1(C)OB(c2ccc3c(c2)OCC(c2ccccc2Cl)N3)OC1(C)C.Cc1sc(-c2cccnc2)nc1-c1ccc2c(c1)OCC(c1ccccc1Cl)N2.Clc1ccccc1C1COc2cc(Br)ccc2N1. The number of pyridine rings is 1. The van der Waals surface area contributed by atoms with E-state index in [4.69, 9.17) is 63.3 Å². The molecule has 2 aromatic heterocycles. The number of benzene rings is 6. The number of nitrogens with one attached hydrogen (secondary N) is 3. The molecule has 73 heavy (non-hydrogen) atoms. The van der Waals surface area contributed by atoms with Crippen LogP contribution in [0.4, 0.5) is 17.1 Å². The molecule has 0 aliphatic carbocycles. The van der Waals surface area contributed by atoms with Gasteiger partial charge in [-0.15, -0.1) is 11.3 Å². The third-order valence-corrected chi connectivity index (χ3v) is 16.0. The number of hydrogen-bond donors (Lipinski definition) is 3. The highest BCUT2D eigenvalue weighted by Gasteiger charge is 2.52. The molecule has 372 valence electrons. The zero-order valence-electron chi connectivity index (χ0n) is 40.7. The van der Waals surface area contributed by atoms with E-state index in [-0.39, 0.29) is 29.3 Å². The lowest BCUT2D eigenvalue weighted by atomic mass is 9.79. The van der Waals surface area contributed by atoms with Gasteiger partial charge in [-0.25, -0.2) is 4.98 Å². The van der Waals surface area contributed by atoms with Gasteiger partial charge in [-0.2, -0.15) is 0 Å². The topological polar surface area (TPSA) is 108 Å². The van der Waals surface area contributed by atoms with Crippen LogP contribution in [-0.4, -0.2) is 48.1 Å². The van der Waals surface area contributed by atoms with E-state index in [9.17, 15) is 0 Å². The number of anilines is 3. The largest absolute Gasteiger partial charge is 0.494 e. The maximum atomic E-state index is 6.35. The summed E-state index contributed by atoms with van der Waals surface area (Å²) in [6, 6.07) is 45.8. The Morgan fingerprint density at radius 2 is 1.05 bits per heavy atom. The zero-order chi connectivity index (χ0) is 50.9. The van der Waals surface area contributed by atoms with E-state index in [2.05, 4.69) is 89.7 Å². The van der Waals surface area contributed by atoms with Gasteiger partial charge in [-0.1, -0.05) is 117 Å². The zero-order valence-corrected chi connectivity index (χ0v) is 45.4. The highest BCUT2D eigenvalue weighted by molar-refractivity contribution is 9.10. The molecule has 3 unspecified atom stereocenters. The summed E-state index contributed by atoms with van der Waals surface area (Å²) in [5, 5.41) is 13.7. The second-order valence-corrected chi connectivity index (χ2v) is 22.3. The van der Waals surface area contributed by atoms with Crippen molar-refractivity contribution in [2.24, 2.45) is 0 Å². The van der Waals surface area contributed by atoms with Gasteiger partial charge in [-0.3, -0.25) is 4.98 Å². The van der Waals surface area contributed by atoms with Crippen molar-refractivity contribution in [3.63, 3.8) is 0 Å². The van der Waals surface area contributed by atoms with Gasteiger partial charge >= 0.3 is 7.12 Å². The van der Waals surface area contributed by atoms with E-state index in [1.165, 1.54) is 4.88 Å². The molecule has 4 aliphatic heterocycles. The Morgan fingerprint density at radius 1 is 0.575 bits per heavy atom. The predicted molar refractivity (Wildman–Crippen MR) is 302 cm³/mol. The summed E-state index contributed by atoms with van der Waals surface area (Å²) in [5.41, 5.74) is 9.35. The van der Waals surface area contributed by atoms with Crippen molar-refractivity contribution >= 4 is 91.7 Å². The van der Waals surface area contributed by atoms with Crippen molar-refractivity contribution in [2.45, 2.75) is 63.9 Å². The van der Waals surface area contributed by atoms with Gasteiger partial charge in [0.2, 0.25) is 0 Å². The summed E-state index contributed by atoms with van der Waals surface area (Å²) in [6.07, 6.45) is 3.62. The van der Waals surface area contributed by atoms with E-state index in [0.717, 1.165) is 97.8 Å². The third-order valence-electron chi connectivity index (χ3n) is 13.5. The molecule has 0 radical (unpaired) electrons. The lowest BCUT2D eigenvalue weighted by Crippen LogP contribution is -2.41. The number of thiazole rings is 1. The number of fused-ring (bicyclic) bond motifs is 3. The second-order valence-electron chi connectivity index (χ2n) is 18.9. The van der Waals surface area contributed by atoms with Crippen molar-refractivity contribution in [2.75, 3.05) is 35.8 Å². The summed E-state index contributed by atoms with van der Waals surface area (Å²) in [4.78, 5) is 10.2. The second kappa shape index (κ2) is 21.6. The molecule has 10 nitrogen and oxygen atoms in total. The minimum Gasteiger partial charge on any atom is -0.489 e. The summed E-state index contributed by atoms with van der Waals surface area (Å²) in [5.74, 6) is 2.51. The van der Waals surface area contributed by atoms with Crippen LogP contribution in [-0.2, 0) is 9.31 Å². The van der Waals surface area contributed by atoms with Gasteiger partial charge in [0.05, 0.1) is 52.1 Å². The minimum absolute atomic E-state index is 0.0268. The molecule has 0 bridgehead atoms. The average Bonchev–Trinajstić information content (AvgIpc) is 3.90. The fourth-order valence-electron chi connectivity index (χ4n) is 8.81. The lowest BCUT2D eigenvalue weighted by Gasteiger charge is -2.32. The number of ether oxygens (including phenoxy) is 3. The summed E-state index contributed by atoms with van der Waals surface area (Å²) in [6.45, 7) is 11.9. The van der Waals surface area contributed by atoms with E-state index in [1.54, 1.807) is 17.5 Å². The Hall–Kier alpha value is -5.77. The molecule has 1 saturated heterocycles. The van der Waals surface area contributed by atoms with Crippen LogP contribution < -0.4 is 35.6 Å². The van der Waals surface area contributed by atoms with Crippen molar-refractivity contribution in [1.29, 1.82) is 0 Å². The monoisotopic (exact) mass is 1110 g/mol. The molecule has 0 saturated carbocycles. The molecule has 3 atom stereocenters. The smallest absolute Gasteiger partial charge is 0.489 e. The number of nitrogens with zero attached hydrogens (tertiary/aromatic N) is 2. The molecule has 6 heterocycles. The first-order chi connectivity index (χ1) is 35.2. The van der Waals surface area contributed by atoms with E-state index < -0.39 is 7.12 Å².